The standard InChI is InChI=1S/C15H13NO2/c1-18-13-5-3-11(4-6-13)14-9-12(17)10-15(14)7-2-8-16-15/h2-9H,10H2,1H3. The number of methoxy groups -OCH3 is 1. The van der Waals surface area contributed by atoms with Gasteiger partial charge in [-0.1, -0.05) is 18.2 Å². The Bertz CT molecular complexity index is 567. The van der Waals surface area contributed by atoms with Gasteiger partial charge in [-0.3, -0.25) is 9.79 Å². The van der Waals surface area contributed by atoms with Crippen LogP contribution >= 0.6 is 0 Å². The highest BCUT2D eigenvalue weighted by Crippen LogP contribution is 2.41. The maximum atomic E-state index is 11.7. The Balaban J connectivity index is 2.03. The van der Waals surface area contributed by atoms with Gasteiger partial charge in [0.2, 0.25) is 0 Å². The summed E-state index contributed by atoms with van der Waals surface area (Å²) in [5.74, 6) is 0.938. The minimum Gasteiger partial charge on any atom is -0.497 e. The molecular weight excluding hydrogens is 226 g/mol. The van der Waals surface area contributed by atoms with Gasteiger partial charge in [-0.25, -0.2) is 0 Å². The smallest absolute Gasteiger partial charge is 0.159 e. The van der Waals surface area contributed by atoms with Crippen molar-refractivity contribution in [3.8, 4) is 5.75 Å². The Morgan fingerprint density at radius 3 is 2.67 bits per heavy atom. The number of benzene rings is 1. The second kappa shape index (κ2) is 3.95. The first-order valence-corrected chi connectivity index (χ1v) is 5.86. The zero-order chi connectivity index (χ0) is 12.6. The number of hydrogen-bond acceptors (Lipinski definition) is 3. The van der Waals surface area contributed by atoms with Gasteiger partial charge in [0.05, 0.1) is 7.11 Å². The van der Waals surface area contributed by atoms with Crippen molar-refractivity contribution in [2.24, 2.45) is 4.99 Å². The molecule has 0 amide bonds. The molecule has 1 atom stereocenters. The van der Waals surface area contributed by atoms with Crippen molar-refractivity contribution in [1.29, 1.82) is 0 Å². The molecule has 1 aromatic carbocycles. The zero-order valence-electron chi connectivity index (χ0n) is 10.1. The Hall–Kier alpha value is -2.16. The normalized spacial score (nSPS) is 24.9. The molecule has 0 N–H and O–H groups in total. The molecule has 3 rings (SSSR count). The van der Waals surface area contributed by atoms with Crippen LogP contribution in [0.3, 0.4) is 0 Å². The minimum atomic E-state index is -0.467. The number of hydrogen-bond donors (Lipinski definition) is 0. The topological polar surface area (TPSA) is 38.7 Å². The monoisotopic (exact) mass is 239 g/mol. The first-order valence-electron chi connectivity index (χ1n) is 5.86. The van der Waals surface area contributed by atoms with Crippen LogP contribution in [0.4, 0.5) is 0 Å². The van der Waals surface area contributed by atoms with Gasteiger partial charge in [0, 0.05) is 12.6 Å². The van der Waals surface area contributed by atoms with Crippen molar-refractivity contribution in [2.45, 2.75) is 12.0 Å². The van der Waals surface area contributed by atoms with Crippen LogP contribution in [-0.2, 0) is 4.79 Å². The summed E-state index contributed by atoms with van der Waals surface area (Å²) in [4.78, 5) is 16.2. The summed E-state index contributed by atoms with van der Waals surface area (Å²) < 4.78 is 5.14. The Morgan fingerprint density at radius 1 is 1.28 bits per heavy atom. The summed E-state index contributed by atoms with van der Waals surface area (Å²) in [6.45, 7) is 0. The fourth-order valence-electron chi connectivity index (χ4n) is 2.49. The van der Waals surface area contributed by atoms with Gasteiger partial charge in [-0.15, -0.1) is 0 Å². The van der Waals surface area contributed by atoms with E-state index in [-0.39, 0.29) is 5.78 Å². The van der Waals surface area contributed by atoms with Gasteiger partial charge >= 0.3 is 0 Å². The van der Waals surface area contributed by atoms with Crippen molar-refractivity contribution in [3.05, 3.63) is 48.1 Å². The summed E-state index contributed by atoms with van der Waals surface area (Å²) in [7, 11) is 1.64. The van der Waals surface area contributed by atoms with Gasteiger partial charge in [-0.2, -0.15) is 0 Å². The van der Waals surface area contributed by atoms with Crippen molar-refractivity contribution in [3.63, 3.8) is 0 Å². The molecule has 1 aromatic rings. The number of ether oxygens (including phenoxy) is 1. The molecule has 0 bridgehead atoms. The molecule has 1 unspecified atom stereocenters. The molecule has 18 heavy (non-hydrogen) atoms. The average Bonchev–Trinajstić information content (AvgIpc) is 2.98. The van der Waals surface area contributed by atoms with E-state index in [1.54, 1.807) is 19.4 Å². The van der Waals surface area contributed by atoms with E-state index in [0.29, 0.717) is 6.42 Å². The average molecular weight is 239 g/mol. The van der Waals surface area contributed by atoms with E-state index in [1.165, 1.54) is 0 Å². The van der Waals surface area contributed by atoms with E-state index < -0.39 is 5.54 Å². The van der Waals surface area contributed by atoms with E-state index in [1.807, 2.05) is 36.4 Å². The second-order valence-corrected chi connectivity index (χ2v) is 4.49. The van der Waals surface area contributed by atoms with E-state index in [9.17, 15) is 4.79 Å². The van der Waals surface area contributed by atoms with E-state index in [0.717, 1.165) is 16.9 Å². The summed E-state index contributed by atoms with van der Waals surface area (Å²) in [6.07, 6.45) is 7.79. The Kier molecular flexibility index (Phi) is 2.40. The van der Waals surface area contributed by atoms with Crippen LogP contribution in [-0.4, -0.2) is 24.6 Å². The van der Waals surface area contributed by atoms with Crippen molar-refractivity contribution in [1.82, 2.24) is 0 Å². The zero-order valence-corrected chi connectivity index (χ0v) is 10.1. The molecule has 3 heteroatoms. The first-order chi connectivity index (χ1) is 8.73. The largest absolute Gasteiger partial charge is 0.497 e. The number of carbonyl (C=O) groups excluding carboxylic acids is 1. The summed E-state index contributed by atoms with van der Waals surface area (Å²) in [6, 6.07) is 7.73. The van der Waals surface area contributed by atoms with Crippen LogP contribution in [0, 0.1) is 0 Å². The summed E-state index contributed by atoms with van der Waals surface area (Å²) in [5, 5.41) is 0. The fourth-order valence-corrected chi connectivity index (χ4v) is 2.49. The van der Waals surface area contributed by atoms with Crippen LogP contribution in [0.5, 0.6) is 5.75 Å². The molecule has 1 spiro atoms. The molecule has 2 aliphatic rings. The molecule has 0 radical (unpaired) electrons. The Labute approximate surface area is 105 Å². The van der Waals surface area contributed by atoms with Crippen molar-refractivity contribution >= 4 is 17.6 Å². The molecule has 1 heterocycles. The van der Waals surface area contributed by atoms with Crippen LogP contribution < -0.4 is 4.74 Å². The van der Waals surface area contributed by atoms with Crippen molar-refractivity contribution in [2.75, 3.05) is 7.11 Å². The third-order valence-corrected chi connectivity index (χ3v) is 3.38. The van der Waals surface area contributed by atoms with E-state index >= 15 is 0 Å². The lowest BCUT2D eigenvalue weighted by Crippen LogP contribution is -2.21. The minimum absolute atomic E-state index is 0.129. The van der Waals surface area contributed by atoms with Gasteiger partial charge in [0.1, 0.15) is 11.3 Å². The molecule has 0 saturated heterocycles. The number of allylic oxidation sites excluding steroid dienone is 2. The molecule has 3 nitrogen and oxygen atoms in total. The van der Waals surface area contributed by atoms with Crippen molar-refractivity contribution < 1.29 is 9.53 Å². The highest BCUT2D eigenvalue weighted by Gasteiger charge is 2.40. The molecular formula is C15H13NO2. The van der Waals surface area contributed by atoms with Gasteiger partial charge in [-0.05, 0) is 35.4 Å². The molecule has 0 aromatic heterocycles. The molecule has 1 aliphatic carbocycles. The van der Waals surface area contributed by atoms with E-state index in [2.05, 4.69) is 4.99 Å². The highest BCUT2D eigenvalue weighted by molar-refractivity contribution is 6.08. The van der Waals surface area contributed by atoms with E-state index in [4.69, 9.17) is 4.74 Å². The number of aliphatic imine (C=N–C) groups is 1. The highest BCUT2D eigenvalue weighted by atomic mass is 16.5. The predicted octanol–water partition coefficient (Wildman–Crippen LogP) is 2.43. The third-order valence-electron chi connectivity index (χ3n) is 3.38. The molecule has 0 fully saturated rings. The lowest BCUT2D eigenvalue weighted by molar-refractivity contribution is -0.114. The number of rotatable bonds is 2. The SMILES string of the molecule is COc1ccc(C2=CC(=O)CC23C=CC=N3)cc1. The summed E-state index contributed by atoms with van der Waals surface area (Å²) >= 11 is 0. The second-order valence-electron chi connectivity index (χ2n) is 4.49. The van der Waals surface area contributed by atoms with Gasteiger partial charge < -0.3 is 4.74 Å². The van der Waals surface area contributed by atoms with Crippen LogP contribution in [0.2, 0.25) is 0 Å². The lowest BCUT2D eigenvalue weighted by atomic mass is 9.88. The number of carbonyl (C=O) groups is 1. The van der Waals surface area contributed by atoms with Gasteiger partial charge in [0.25, 0.3) is 0 Å². The number of ketones is 1. The predicted molar refractivity (Wildman–Crippen MR) is 71.0 cm³/mol. The van der Waals surface area contributed by atoms with Crippen LogP contribution in [0.15, 0.2) is 47.5 Å². The first kappa shape index (κ1) is 11.0. The molecule has 0 saturated carbocycles. The lowest BCUT2D eigenvalue weighted by Gasteiger charge is -2.21. The molecule has 1 aliphatic heterocycles. The maximum absolute atomic E-state index is 11.7. The Morgan fingerprint density at radius 2 is 2.06 bits per heavy atom. The fraction of sp³-hybridized carbons (Fsp3) is 0.200. The third kappa shape index (κ3) is 1.59. The number of nitrogens with zero attached hydrogens (tertiary/aromatic N) is 1. The van der Waals surface area contributed by atoms with Gasteiger partial charge in [0.15, 0.2) is 5.78 Å². The quantitative estimate of drug-likeness (QED) is 0.795. The maximum Gasteiger partial charge on any atom is 0.159 e. The summed E-state index contributed by atoms with van der Waals surface area (Å²) in [5.41, 5.74) is 1.52. The molecule has 90 valence electrons. The van der Waals surface area contributed by atoms with Crippen LogP contribution in [0.25, 0.3) is 5.57 Å². The van der Waals surface area contributed by atoms with Crippen LogP contribution in [0.1, 0.15) is 12.0 Å².